The zero-order valence-corrected chi connectivity index (χ0v) is 12.3. The van der Waals surface area contributed by atoms with E-state index in [4.69, 9.17) is 15.6 Å². The minimum Gasteiger partial charge on any atom is -0.375 e. The molecule has 2 N–H and O–H groups in total. The Morgan fingerprint density at radius 3 is 2.68 bits per heavy atom. The average molecular weight is 263 g/mol. The molecule has 0 radical (unpaired) electrons. The van der Waals surface area contributed by atoms with Crippen molar-refractivity contribution in [1.82, 2.24) is 9.78 Å². The molecule has 1 aliphatic carbocycles. The van der Waals surface area contributed by atoms with Gasteiger partial charge in [0.1, 0.15) is 0 Å². The van der Waals surface area contributed by atoms with Crippen molar-refractivity contribution in [3.63, 3.8) is 0 Å². The molecule has 106 valence electrons. The molecule has 0 aromatic carbocycles. The van der Waals surface area contributed by atoms with E-state index in [1.54, 1.807) is 0 Å². The number of ether oxygens (including phenoxy) is 1. The number of nitrogens with two attached hydrogens (primary N) is 1. The van der Waals surface area contributed by atoms with Crippen molar-refractivity contribution in [2.24, 2.45) is 5.73 Å². The Morgan fingerprint density at radius 2 is 2.16 bits per heavy atom. The molecule has 4 heteroatoms. The van der Waals surface area contributed by atoms with Crippen molar-refractivity contribution in [2.75, 3.05) is 6.61 Å². The van der Waals surface area contributed by atoms with Gasteiger partial charge in [-0.2, -0.15) is 5.10 Å². The third kappa shape index (κ3) is 2.11. The Hall–Kier alpha value is -0.870. The first-order chi connectivity index (χ1) is 9.02. The van der Waals surface area contributed by atoms with E-state index in [1.165, 1.54) is 30.5 Å². The fourth-order valence-corrected chi connectivity index (χ4v) is 3.82. The van der Waals surface area contributed by atoms with Gasteiger partial charge >= 0.3 is 0 Å². The van der Waals surface area contributed by atoms with Crippen LogP contribution in [0.2, 0.25) is 0 Å². The summed E-state index contributed by atoms with van der Waals surface area (Å²) in [5.74, 6) is 0. The topological polar surface area (TPSA) is 53.1 Å². The van der Waals surface area contributed by atoms with Crippen LogP contribution >= 0.6 is 0 Å². The van der Waals surface area contributed by atoms with Crippen LogP contribution in [0.15, 0.2) is 0 Å². The van der Waals surface area contributed by atoms with Crippen LogP contribution in [0.25, 0.3) is 0 Å². The van der Waals surface area contributed by atoms with E-state index in [2.05, 4.69) is 18.5 Å². The minimum absolute atomic E-state index is 0.0613. The second kappa shape index (κ2) is 4.60. The highest BCUT2D eigenvalue weighted by molar-refractivity contribution is 5.28. The molecule has 2 heterocycles. The summed E-state index contributed by atoms with van der Waals surface area (Å²) in [7, 11) is 0. The highest BCUT2D eigenvalue weighted by Gasteiger charge is 2.43. The fourth-order valence-electron chi connectivity index (χ4n) is 3.82. The molecule has 1 spiro atoms. The van der Waals surface area contributed by atoms with Crippen LogP contribution in [-0.4, -0.2) is 22.0 Å². The van der Waals surface area contributed by atoms with Crippen molar-refractivity contribution < 1.29 is 4.74 Å². The summed E-state index contributed by atoms with van der Waals surface area (Å²) in [6.07, 6.45) is 5.95. The van der Waals surface area contributed by atoms with E-state index < -0.39 is 0 Å². The highest BCUT2D eigenvalue weighted by Crippen LogP contribution is 2.46. The van der Waals surface area contributed by atoms with Gasteiger partial charge in [-0.1, -0.05) is 0 Å². The first-order valence-electron chi connectivity index (χ1n) is 7.47. The van der Waals surface area contributed by atoms with E-state index in [0.717, 1.165) is 25.1 Å². The van der Waals surface area contributed by atoms with Gasteiger partial charge in [0.2, 0.25) is 0 Å². The third-order valence-corrected chi connectivity index (χ3v) is 4.91. The molecule has 3 rings (SSSR count). The predicted molar refractivity (Wildman–Crippen MR) is 75.1 cm³/mol. The lowest BCUT2D eigenvalue weighted by molar-refractivity contribution is -0.141. The molecule has 1 aromatic heterocycles. The van der Waals surface area contributed by atoms with Gasteiger partial charge in [-0.15, -0.1) is 0 Å². The van der Waals surface area contributed by atoms with Gasteiger partial charge in [0.15, 0.2) is 0 Å². The first kappa shape index (κ1) is 13.1. The molecular formula is C15H25N3O. The first-order valence-corrected chi connectivity index (χ1v) is 7.47. The molecule has 4 nitrogen and oxygen atoms in total. The zero-order chi connectivity index (χ0) is 13.6. The van der Waals surface area contributed by atoms with Crippen LogP contribution < -0.4 is 5.73 Å². The van der Waals surface area contributed by atoms with Gasteiger partial charge in [-0.25, -0.2) is 0 Å². The lowest BCUT2D eigenvalue weighted by Gasteiger charge is -2.47. The number of nitrogens with zero attached hydrogens (tertiary/aromatic N) is 2. The largest absolute Gasteiger partial charge is 0.375 e. The maximum atomic E-state index is 6.07. The Morgan fingerprint density at radius 1 is 1.42 bits per heavy atom. The lowest BCUT2D eigenvalue weighted by atomic mass is 9.74. The lowest BCUT2D eigenvalue weighted by Crippen LogP contribution is -2.46. The van der Waals surface area contributed by atoms with E-state index in [-0.39, 0.29) is 11.6 Å². The van der Waals surface area contributed by atoms with Gasteiger partial charge in [0, 0.05) is 23.9 Å². The molecule has 2 aliphatic rings. The Bertz CT molecular complexity index is 474. The van der Waals surface area contributed by atoms with Crippen molar-refractivity contribution in [3.05, 3.63) is 17.0 Å². The Labute approximate surface area is 115 Å². The number of rotatable bonds is 2. The number of aromatic nitrogens is 2. The average Bonchev–Trinajstić information content (AvgIpc) is 2.63. The van der Waals surface area contributed by atoms with Crippen molar-refractivity contribution in [1.29, 1.82) is 0 Å². The molecule has 1 saturated heterocycles. The van der Waals surface area contributed by atoms with Crippen LogP contribution in [0.3, 0.4) is 0 Å². The Balaban J connectivity index is 1.87. The number of aryl methyl sites for hydroxylation is 1. The number of hydrogen-bond donors (Lipinski definition) is 1. The summed E-state index contributed by atoms with van der Waals surface area (Å²) in [5.41, 5.74) is 9.79. The molecule has 2 atom stereocenters. The van der Waals surface area contributed by atoms with Gasteiger partial charge in [0.25, 0.3) is 0 Å². The third-order valence-electron chi connectivity index (χ3n) is 4.91. The molecule has 0 amide bonds. The number of hydrogen-bond acceptors (Lipinski definition) is 3. The van der Waals surface area contributed by atoms with Crippen molar-refractivity contribution >= 4 is 0 Å². The second-order valence-corrected chi connectivity index (χ2v) is 6.35. The standard InChI is InChI=1S/C15H25N3O/c1-10(16)14-11(2)17-18(12(14)3)13-5-8-19-15(9-13)6-4-7-15/h10,13H,4-9,16H2,1-3H3. The second-order valence-electron chi connectivity index (χ2n) is 6.35. The van der Waals surface area contributed by atoms with E-state index >= 15 is 0 Å². The Kier molecular flexibility index (Phi) is 3.18. The van der Waals surface area contributed by atoms with Crippen molar-refractivity contribution in [3.8, 4) is 0 Å². The summed E-state index contributed by atoms with van der Waals surface area (Å²) in [4.78, 5) is 0. The minimum atomic E-state index is 0.0613. The van der Waals surface area contributed by atoms with Gasteiger partial charge in [0.05, 0.1) is 17.3 Å². The quantitative estimate of drug-likeness (QED) is 0.892. The van der Waals surface area contributed by atoms with Gasteiger partial charge in [-0.3, -0.25) is 4.68 Å². The highest BCUT2D eigenvalue weighted by atomic mass is 16.5. The van der Waals surface area contributed by atoms with Crippen LogP contribution in [-0.2, 0) is 4.74 Å². The van der Waals surface area contributed by atoms with Gasteiger partial charge < -0.3 is 10.5 Å². The summed E-state index contributed by atoms with van der Waals surface area (Å²) >= 11 is 0. The molecule has 19 heavy (non-hydrogen) atoms. The van der Waals surface area contributed by atoms with E-state index in [1.807, 2.05) is 6.92 Å². The smallest absolute Gasteiger partial charge is 0.0703 e. The van der Waals surface area contributed by atoms with Crippen molar-refractivity contribution in [2.45, 2.75) is 70.6 Å². The van der Waals surface area contributed by atoms with Crippen LogP contribution in [0.4, 0.5) is 0 Å². The van der Waals surface area contributed by atoms with Crippen LogP contribution in [0.1, 0.15) is 68.1 Å². The molecule has 1 aliphatic heterocycles. The maximum absolute atomic E-state index is 6.07. The zero-order valence-electron chi connectivity index (χ0n) is 12.3. The summed E-state index contributed by atoms with van der Waals surface area (Å²) < 4.78 is 8.23. The summed E-state index contributed by atoms with van der Waals surface area (Å²) in [5, 5.41) is 4.76. The molecule has 1 aromatic rings. The van der Waals surface area contributed by atoms with Crippen LogP contribution in [0, 0.1) is 13.8 Å². The van der Waals surface area contributed by atoms with E-state index in [0.29, 0.717) is 6.04 Å². The molecule has 1 saturated carbocycles. The summed E-state index contributed by atoms with van der Waals surface area (Å²) in [6, 6.07) is 0.548. The normalized spacial score (nSPS) is 27.3. The summed E-state index contributed by atoms with van der Waals surface area (Å²) in [6.45, 7) is 7.14. The van der Waals surface area contributed by atoms with Crippen LogP contribution in [0.5, 0.6) is 0 Å². The van der Waals surface area contributed by atoms with Gasteiger partial charge in [-0.05, 0) is 52.9 Å². The fraction of sp³-hybridized carbons (Fsp3) is 0.800. The van der Waals surface area contributed by atoms with E-state index in [9.17, 15) is 0 Å². The molecular weight excluding hydrogens is 238 g/mol. The molecule has 2 unspecified atom stereocenters. The SMILES string of the molecule is Cc1nn(C2CCOC3(CCC3)C2)c(C)c1C(C)N. The molecule has 2 fully saturated rings. The monoisotopic (exact) mass is 263 g/mol. The maximum Gasteiger partial charge on any atom is 0.0703 e. The predicted octanol–water partition coefficient (Wildman–Crippen LogP) is 2.79. The molecule has 0 bridgehead atoms.